The van der Waals surface area contributed by atoms with Crippen LogP contribution in [0.1, 0.15) is 38.5 Å². The van der Waals surface area contributed by atoms with Crippen LogP contribution in [0.25, 0.3) is 0 Å². The maximum atomic E-state index is 11.6. The predicted octanol–water partition coefficient (Wildman–Crippen LogP) is -2.38. The van der Waals surface area contributed by atoms with Gasteiger partial charge in [0.25, 0.3) is 0 Å². The largest absolute Gasteiger partial charge is 0.480 e. The molecule has 0 rings (SSSR count). The van der Waals surface area contributed by atoms with Crippen molar-refractivity contribution in [3.8, 4) is 0 Å². The molecule has 3 unspecified atom stereocenters. The van der Waals surface area contributed by atoms with Gasteiger partial charge in [-0.15, -0.1) is 0 Å². The molecule has 0 heterocycles. The van der Waals surface area contributed by atoms with Crippen LogP contribution in [0.5, 0.6) is 0 Å². The summed E-state index contributed by atoms with van der Waals surface area (Å²) in [6.45, 7) is 0. The first-order valence-corrected chi connectivity index (χ1v) is 8.14. The van der Waals surface area contributed by atoms with Crippen LogP contribution >= 0.6 is 0 Å². The van der Waals surface area contributed by atoms with Gasteiger partial charge < -0.3 is 36.9 Å². The van der Waals surface area contributed by atoms with Crippen molar-refractivity contribution in [3.05, 3.63) is 0 Å². The van der Waals surface area contributed by atoms with Gasteiger partial charge in [-0.05, 0) is 19.3 Å². The fraction of sp³-hybridized carbons (Fsp3) is 0.600. The molecule has 0 saturated heterocycles. The van der Waals surface area contributed by atoms with Crippen LogP contribution in [0.15, 0.2) is 0 Å². The number of rotatable bonds is 12. The van der Waals surface area contributed by atoms with E-state index in [0.29, 0.717) is 0 Å². The lowest BCUT2D eigenvalue weighted by Crippen LogP contribution is -2.35. The molecule has 0 aliphatic carbocycles. The molecular formula is C15H23N3O10. The number of esters is 4. The molecule has 0 aromatic rings. The van der Waals surface area contributed by atoms with Crippen LogP contribution in [0.3, 0.4) is 0 Å². The highest BCUT2D eigenvalue weighted by molar-refractivity contribution is 5.89. The Balaban J connectivity index is 4.15. The third-order valence-electron chi connectivity index (χ3n) is 3.36. The molecule has 13 heteroatoms. The number of carbonyl (C=O) groups is 6. The van der Waals surface area contributed by atoms with E-state index in [2.05, 4.69) is 9.47 Å². The smallest absolute Gasteiger partial charge is 0.330 e. The number of aliphatic carboxylic acids is 2. The highest BCUT2D eigenvalue weighted by Crippen LogP contribution is 2.04. The van der Waals surface area contributed by atoms with E-state index in [1.165, 1.54) is 0 Å². The lowest BCUT2D eigenvalue weighted by Gasteiger charge is -2.11. The van der Waals surface area contributed by atoms with E-state index in [0.717, 1.165) is 0 Å². The molecule has 0 spiro atoms. The van der Waals surface area contributed by atoms with E-state index < -0.39 is 66.8 Å². The molecule has 0 radical (unpaired) electrons. The molecule has 0 aromatic heterocycles. The summed E-state index contributed by atoms with van der Waals surface area (Å²) in [5, 5.41) is 17.1. The predicted molar refractivity (Wildman–Crippen MR) is 89.1 cm³/mol. The second-order valence-corrected chi connectivity index (χ2v) is 5.75. The lowest BCUT2D eigenvalue weighted by atomic mass is 10.1. The van der Waals surface area contributed by atoms with E-state index in [4.69, 9.17) is 27.4 Å². The maximum Gasteiger partial charge on any atom is 0.330 e. The Kier molecular flexibility index (Phi) is 11.2. The standard InChI is InChI=1S/C15H23N3O10/c16-7(13(22)23)1-4-10(19)27-11(20)6-3-9(18)15(26)28-12(21)5-2-8(17)14(24)25/h7-9H,1-6,16-18H2,(H,22,23)(H,24,25). The Morgan fingerprint density at radius 3 is 1.29 bits per heavy atom. The van der Waals surface area contributed by atoms with E-state index in [9.17, 15) is 28.8 Å². The third-order valence-corrected chi connectivity index (χ3v) is 3.36. The monoisotopic (exact) mass is 405 g/mol. The molecular weight excluding hydrogens is 382 g/mol. The number of carboxylic acid groups (broad SMARTS) is 2. The Bertz CT molecular complexity index is 621. The highest BCUT2D eigenvalue weighted by Gasteiger charge is 2.22. The first-order chi connectivity index (χ1) is 12.9. The molecule has 0 aromatic carbocycles. The second kappa shape index (κ2) is 12.5. The fourth-order valence-electron chi connectivity index (χ4n) is 1.65. The summed E-state index contributed by atoms with van der Waals surface area (Å²) in [5.74, 6) is -6.76. The summed E-state index contributed by atoms with van der Waals surface area (Å²) < 4.78 is 8.81. The van der Waals surface area contributed by atoms with Gasteiger partial charge in [-0.3, -0.25) is 24.0 Å². The number of hydrogen-bond donors (Lipinski definition) is 5. The normalized spacial score (nSPS) is 13.7. The lowest BCUT2D eigenvalue weighted by molar-refractivity contribution is -0.160. The van der Waals surface area contributed by atoms with Gasteiger partial charge in [0, 0.05) is 19.3 Å². The van der Waals surface area contributed by atoms with Crippen LogP contribution in [0.4, 0.5) is 0 Å². The van der Waals surface area contributed by atoms with Crippen LogP contribution in [0, 0.1) is 0 Å². The minimum absolute atomic E-state index is 0.221. The average Bonchev–Trinajstić information content (AvgIpc) is 2.61. The Hall–Kier alpha value is -2.90. The quantitative estimate of drug-likeness (QED) is 0.168. The van der Waals surface area contributed by atoms with Gasteiger partial charge in [-0.2, -0.15) is 0 Å². The molecule has 0 fully saturated rings. The summed E-state index contributed by atoms with van der Waals surface area (Å²) in [7, 11) is 0. The van der Waals surface area contributed by atoms with Gasteiger partial charge in [0.1, 0.15) is 18.1 Å². The molecule has 0 amide bonds. The highest BCUT2D eigenvalue weighted by atomic mass is 16.6. The van der Waals surface area contributed by atoms with Crippen molar-refractivity contribution in [2.75, 3.05) is 0 Å². The SMILES string of the molecule is NC(CCC(=O)OC(=O)CCC(N)C(=O)OC(=O)CCC(N)C(=O)O)C(=O)O. The first-order valence-electron chi connectivity index (χ1n) is 8.14. The molecule has 0 bridgehead atoms. The van der Waals surface area contributed by atoms with Crippen LogP contribution in [0.2, 0.25) is 0 Å². The number of hydrogen-bond acceptors (Lipinski definition) is 11. The van der Waals surface area contributed by atoms with Gasteiger partial charge in [0.05, 0.1) is 0 Å². The number of nitrogens with two attached hydrogens (primary N) is 3. The molecule has 3 atom stereocenters. The fourth-order valence-corrected chi connectivity index (χ4v) is 1.65. The van der Waals surface area contributed by atoms with E-state index in [1.54, 1.807) is 0 Å². The number of ether oxygens (including phenoxy) is 2. The van der Waals surface area contributed by atoms with Crippen molar-refractivity contribution < 1.29 is 48.5 Å². The van der Waals surface area contributed by atoms with E-state index in [-0.39, 0.29) is 25.7 Å². The zero-order valence-corrected chi connectivity index (χ0v) is 14.9. The van der Waals surface area contributed by atoms with E-state index in [1.807, 2.05) is 0 Å². The van der Waals surface area contributed by atoms with Crippen LogP contribution < -0.4 is 17.2 Å². The van der Waals surface area contributed by atoms with E-state index >= 15 is 0 Å². The third kappa shape index (κ3) is 10.9. The van der Waals surface area contributed by atoms with Gasteiger partial charge in [-0.25, -0.2) is 4.79 Å². The Morgan fingerprint density at radius 1 is 0.607 bits per heavy atom. The van der Waals surface area contributed by atoms with Gasteiger partial charge in [0.15, 0.2) is 0 Å². The van der Waals surface area contributed by atoms with Crippen LogP contribution in [-0.2, 0) is 38.2 Å². The summed E-state index contributed by atoms with van der Waals surface area (Å²) >= 11 is 0. The van der Waals surface area contributed by atoms with Crippen LogP contribution in [-0.4, -0.2) is 64.2 Å². The average molecular weight is 405 g/mol. The first kappa shape index (κ1) is 25.1. The van der Waals surface area contributed by atoms with Gasteiger partial charge in [0.2, 0.25) is 0 Å². The van der Waals surface area contributed by atoms with Gasteiger partial charge >= 0.3 is 35.8 Å². The van der Waals surface area contributed by atoms with Crippen molar-refractivity contribution in [2.45, 2.75) is 56.7 Å². The van der Waals surface area contributed by atoms with Crippen molar-refractivity contribution in [1.29, 1.82) is 0 Å². The van der Waals surface area contributed by atoms with Gasteiger partial charge in [-0.1, -0.05) is 0 Å². The number of carbonyl (C=O) groups excluding carboxylic acids is 4. The molecule has 13 nitrogen and oxygen atoms in total. The topological polar surface area (TPSA) is 239 Å². The minimum atomic E-state index is -1.36. The molecule has 158 valence electrons. The van der Waals surface area contributed by atoms with Crippen molar-refractivity contribution in [3.63, 3.8) is 0 Å². The molecule has 0 aliphatic rings. The Morgan fingerprint density at radius 2 is 0.929 bits per heavy atom. The zero-order chi connectivity index (χ0) is 21.9. The molecule has 8 N–H and O–H groups in total. The summed E-state index contributed by atoms with van der Waals surface area (Å²) in [5.41, 5.74) is 15.9. The summed E-state index contributed by atoms with van der Waals surface area (Å²) in [6, 6.07) is -3.91. The molecule has 0 saturated carbocycles. The molecule has 0 aliphatic heterocycles. The summed E-state index contributed by atoms with van der Waals surface area (Å²) in [4.78, 5) is 66.9. The summed E-state index contributed by atoms with van der Waals surface area (Å²) in [6.07, 6.45) is -1.99. The number of carboxylic acids is 2. The molecule has 28 heavy (non-hydrogen) atoms. The maximum absolute atomic E-state index is 11.6. The minimum Gasteiger partial charge on any atom is -0.480 e. The second-order valence-electron chi connectivity index (χ2n) is 5.75. The zero-order valence-electron chi connectivity index (χ0n) is 14.9. The Labute approximate surface area is 159 Å². The van der Waals surface area contributed by atoms with Crippen molar-refractivity contribution in [1.82, 2.24) is 0 Å². The van der Waals surface area contributed by atoms with Crippen molar-refractivity contribution >= 4 is 35.8 Å². The van der Waals surface area contributed by atoms with Crippen molar-refractivity contribution in [2.24, 2.45) is 17.2 Å².